The van der Waals surface area contributed by atoms with Crippen LogP contribution >= 0.6 is 11.3 Å². The van der Waals surface area contributed by atoms with Gasteiger partial charge in [0.1, 0.15) is 5.76 Å². The molecule has 0 saturated carbocycles. The molecule has 4 nitrogen and oxygen atoms in total. The number of thiophene rings is 1. The van der Waals surface area contributed by atoms with E-state index in [2.05, 4.69) is 33.8 Å². The van der Waals surface area contributed by atoms with Crippen molar-refractivity contribution in [2.75, 3.05) is 7.11 Å². The van der Waals surface area contributed by atoms with Crippen molar-refractivity contribution in [2.45, 2.75) is 25.9 Å². The second-order valence-corrected chi connectivity index (χ2v) is 5.14. The quantitative estimate of drug-likeness (QED) is 0.851. The Hall–Kier alpha value is -1.59. The van der Waals surface area contributed by atoms with Crippen molar-refractivity contribution in [3.8, 4) is 0 Å². The molecule has 0 saturated heterocycles. The van der Waals surface area contributed by atoms with Crippen molar-refractivity contribution in [3.63, 3.8) is 0 Å². The van der Waals surface area contributed by atoms with Crippen LogP contribution in [0.2, 0.25) is 0 Å². The molecule has 5 heteroatoms. The maximum atomic E-state index is 11.3. The van der Waals surface area contributed by atoms with Crippen LogP contribution in [0.5, 0.6) is 0 Å². The van der Waals surface area contributed by atoms with E-state index in [9.17, 15) is 4.79 Å². The second-order valence-electron chi connectivity index (χ2n) is 4.36. The minimum absolute atomic E-state index is 0.0216. The summed E-state index contributed by atoms with van der Waals surface area (Å²) in [6.45, 7) is 4.10. The number of methoxy groups -OCH3 is 1. The third kappa shape index (κ3) is 3.24. The van der Waals surface area contributed by atoms with E-state index in [1.807, 2.05) is 6.92 Å². The fourth-order valence-corrected chi connectivity index (χ4v) is 2.62. The Balaban J connectivity index is 2.01. The summed E-state index contributed by atoms with van der Waals surface area (Å²) in [6.07, 6.45) is 0. The fourth-order valence-electron chi connectivity index (χ4n) is 1.87. The van der Waals surface area contributed by atoms with Gasteiger partial charge in [-0.2, -0.15) is 11.3 Å². The number of nitrogens with one attached hydrogen (secondary N) is 1. The van der Waals surface area contributed by atoms with Crippen molar-refractivity contribution in [3.05, 3.63) is 46.0 Å². The molecule has 0 fully saturated rings. The molecule has 19 heavy (non-hydrogen) atoms. The van der Waals surface area contributed by atoms with Gasteiger partial charge in [0.25, 0.3) is 0 Å². The molecular formula is C14H17NO3S. The number of rotatable bonds is 5. The average Bonchev–Trinajstić information content (AvgIpc) is 3.08. The first-order valence-electron chi connectivity index (χ1n) is 6.08. The lowest BCUT2D eigenvalue weighted by Gasteiger charge is -2.17. The fraction of sp³-hybridized carbons (Fsp3) is 0.357. The van der Waals surface area contributed by atoms with Crippen molar-refractivity contribution in [1.82, 2.24) is 5.32 Å². The summed E-state index contributed by atoms with van der Waals surface area (Å²) in [5, 5.41) is 7.60. The number of hydrogen-bond donors (Lipinski definition) is 1. The molecule has 102 valence electrons. The van der Waals surface area contributed by atoms with Gasteiger partial charge < -0.3 is 14.5 Å². The molecular weight excluding hydrogens is 262 g/mol. The average molecular weight is 279 g/mol. The zero-order valence-corrected chi connectivity index (χ0v) is 12.0. The van der Waals surface area contributed by atoms with Gasteiger partial charge in [0.2, 0.25) is 5.76 Å². The first-order chi connectivity index (χ1) is 9.11. The van der Waals surface area contributed by atoms with E-state index in [1.165, 1.54) is 12.7 Å². The topological polar surface area (TPSA) is 51.5 Å². The largest absolute Gasteiger partial charge is 0.463 e. The van der Waals surface area contributed by atoms with Gasteiger partial charge >= 0.3 is 5.97 Å². The van der Waals surface area contributed by atoms with Crippen LogP contribution in [-0.2, 0) is 4.74 Å². The number of esters is 1. The maximum absolute atomic E-state index is 11.3. The van der Waals surface area contributed by atoms with Crippen molar-refractivity contribution in [1.29, 1.82) is 0 Å². The van der Waals surface area contributed by atoms with Crippen molar-refractivity contribution < 1.29 is 13.9 Å². The molecule has 0 aliphatic rings. The van der Waals surface area contributed by atoms with Gasteiger partial charge in [0.05, 0.1) is 13.2 Å². The van der Waals surface area contributed by atoms with Gasteiger partial charge in [-0.3, -0.25) is 0 Å². The van der Waals surface area contributed by atoms with Crippen LogP contribution < -0.4 is 5.32 Å². The van der Waals surface area contributed by atoms with Crippen molar-refractivity contribution >= 4 is 17.3 Å². The van der Waals surface area contributed by atoms with E-state index in [0.29, 0.717) is 0 Å². The van der Waals surface area contributed by atoms with Crippen LogP contribution in [0.4, 0.5) is 0 Å². The normalized spacial score (nSPS) is 14.1. The third-order valence-corrected chi connectivity index (χ3v) is 3.68. The highest BCUT2D eigenvalue weighted by atomic mass is 32.1. The Labute approximate surface area is 116 Å². The molecule has 2 unspecified atom stereocenters. The SMILES string of the molecule is COC(=O)c1ccc(C(C)NC(C)c2ccsc2)o1. The Kier molecular flexibility index (Phi) is 4.39. The van der Waals surface area contributed by atoms with Gasteiger partial charge in [-0.25, -0.2) is 4.79 Å². The van der Waals surface area contributed by atoms with E-state index in [1.54, 1.807) is 23.5 Å². The number of carbonyl (C=O) groups is 1. The van der Waals surface area contributed by atoms with E-state index in [0.717, 1.165) is 5.76 Å². The molecule has 2 rings (SSSR count). The first kappa shape index (κ1) is 13.8. The zero-order valence-electron chi connectivity index (χ0n) is 11.2. The molecule has 0 aromatic carbocycles. The second kappa shape index (κ2) is 6.04. The predicted molar refractivity (Wildman–Crippen MR) is 74.3 cm³/mol. The number of ether oxygens (including phenoxy) is 1. The third-order valence-electron chi connectivity index (χ3n) is 2.98. The van der Waals surface area contributed by atoms with Crippen LogP contribution in [0.25, 0.3) is 0 Å². The Bertz CT molecular complexity index is 533. The highest BCUT2D eigenvalue weighted by molar-refractivity contribution is 7.07. The number of furan rings is 1. The summed E-state index contributed by atoms with van der Waals surface area (Å²) in [4.78, 5) is 11.3. The van der Waals surface area contributed by atoms with Gasteiger partial charge in [0.15, 0.2) is 0 Å². The lowest BCUT2D eigenvalue weighted by molar-refractivity contribution is 0.0562. The highest BCUT2D eigenvalue weighted by Gasteiger charge is 2.17. The lowest BCUT2D eigenvalue weighted by Crippen LogP contribution is -2.21. The molecule has 2 aromatic rings. The lowest BCUT2D eigenvalue weighted by atomic mass is 10.1. The molecule has 0 aliphatic heterocycles. The van der Waals surface area contributed by atoms with E-state index < -0.39 is 5.97 Å². The van der Waals surface area contributed by atoms with Crippen LogP contribution in [0.1, 0.15) is 47.8 Å². The highest BCUT2D eigenvalue weighted by Crippen LogP contribution is 2.22. The maximum Gasteiger partial charge on any atom is 0.373 e. The summed E-state index contributed by atoms with van der Waals surface area (Å²) in [5.74, 6) is 0.501. The monoisotopic (exact) mass is 279 g/mol. The van der Waals surface area contributed by atoms with Crippen LogP contribution in [0.15, 0.2) is 33.4 Å². The van der Waals surface area contributed by atoms with E-state index in [4.69, 9.17) is 4.42 Å². The molecule has 2 atom stereocenters. The van der Waals surface area contributed by atoms with Gasteiger partial charge in [-0.1, -0.05) is 0 Å². The molecule has 0 amide bonds. The molecule has 2 aromatic heterocycles. The summed E-state index contributed by atoms with van der Waals surface area (Å²) in [5.41, 5.74) is 1.25. The number of hydrogen-bond acceptors (Lipinski definition) is 5. The number of carbonyl (C=O) groups excluding carboxylic acids is 1. The van der Waals surface area contributed by atoms with Crippen LogP contribution in [0, 0.1) is 0 Å². The first-order valence-corrected chi connectivity index (χ1v) is 7.02. The summed E-state index contributed by atoms with van der Waals surface area (Å²) >= 11 is 1.68. The predicted octanol–water partition coefficient (Wildman–Crippen LogP) is 3.54. The molecule has 1 N–H and O–H groups in total. The summed E-state index contributed by atoms with van der Waals surface area (Å²) < 4.78 is 10.1. The zero-order chi connectivity index (χ0) is 13.8. The smallest absolute Gasteiger partial charge is 0.373 e. The molecule has 0 radical (unpaired) electrons. The van der Waals surface area contributed by atoms with Crippen LogP contribution in [-0.4, -0.2) is 13.1 Å². The Morgan fingerprint density at radius 1 is 1.32 bits per heavy atom. The minimum Gasteiger partial charge on any atom is -0.463 e. The standard InChI is InChI=1S/C14H17NO3S/c1-9(11-6-7-19-8-11)15-10(2)12-4-5-13(18-12)14(16)17-3/h4-10,15H,1-3H3. The minimum atomic E-state index is -0.454. The van der Waals surface area contributed by atoms with E-state index in [-0.39, 0.29) is 17.8 Å². The van der Waals surface area contributed by atoms with Crippen molar-refractivity contribution in [2.24, 2.45) is 0 Å². The van der Waals surface area contributed by atoms with Gasteiger partial charge in [0, 0.05) is 6.04 Å². The van der Waals surface area contributed by atoms with Crippen LogP contribution in [0.3, 0.4) is 0 Å². The molecule has 0 bridgehead atoms. The van der Waals surface area contributed by atoms with Gasteiger partial charge in [-0.15, -0.1) is 0 Å². The van der Waals surface area contributed by atoms with E-state index >= 15 is 0 Å². The molecule has 0 spiro atoms. The van der Waals surface area contributed by atoms with Gasteiger partial charge in [-0.05, 0) is 48.4 Å². The molecule has 0 aliphatic carbocycles. The Morgan fingerprint density at radius 2 is 2.11 bits per heavy atom. The summed E-state index contributed by atoms with van der Waals surface area (Å²) in [6, 6.07) is 5.77. The summed E-state index contributed by atoms with van der Waals surface area (Å²) in [7, 11) is 1.34. The Morgan fingerprint density at radius 3 is 2.74 bits per heavy atom. The molecule has 2 heterocycles.